The zero-order chi connectivity index (χ0) is 27.9. The summed E-state index contributed by atoms with van der Waals surface area (Å²) in [6.07, 6.45) is 40.2. The van der Waals surface area contributed by atoms with E-state index in [9.17, 15) is 0 Å². The molecule has 41 heavy (non-hydrogen) atoms. The molecule has 0 bridgehead atoms. The fourth-order valence-corrected chi connectivity index (χ4v) is 10.6. The highest BCUT2D eigenvalue weighted by Gasteiger charge is 2.38. The van der Waals surface area contributed by atoms with E-state index < -0.39 is 0 Å². The molecule has 1 heterocycles. The summed E-state index contributed by atoms with van der Waals surface area (Å²) in [5, 5.41) is 2.21. The Bertz CT molecular complexity index is 904. The van der Waals surface area contributed by atoms with E-state index in [0.29, 0.717) is 0 Å². The zero-order valence-electron chi connectivity index (χ0n) is 26.5. The lowest BCUT2D eigenvalue weighted by Crippen LogP contribution is -2.52. The van der Waals surface area contributed by atoms with Crippen LogP contribution in [-0.2, 0) is 0 Å². The molecule has 0 saturated heterocycles. The molecule has 0 amide bonds. The van der Waals surface area contributed by atoms with E-state index in [1.54, 1.807) is 0 Å². The summed E-state index contributed by atoms with van der Waals surface area (Å²) in [4.78, 5) is 4.61. The van der Waals surface area contributed by atoms with Crippen LogP contribution in [-0.4, -0.2) is 23.0 Å². The predicted octanol–water partition coefficient (Wildman–Crippen LogP) is 11.8. The van der Waals surface area contributed by atoms with Gasteiger partial charge in [-0.15, -0.1) is 11.3 Å². The third-order valence-corrected chi connectivity index (χ3v) is 13.2. The Balaban J connectivity index is 1.09. The third-order valence-electron chi connectivity index (χ3n) is 12.4. The number of hydrogen-bond acceptors (Lipinski definition) is 2. The molecule has 1 nitrogen and oxygen atoms in total. The topological polar surface area (TPSA) is 3.24 Å². The standard InChI is InChI=1S/C39H61NS/c1-30-14-21-35(22-15-30)40(36-23-16-31(17-24-36)20-27-38-13-8-28-41-38)37-25-18-32(19-26-37)29-39(33-9-4-2-5-10-33)34-11-6-3-7-12-34/h8,13,20,27-37H,2-7,9-12,14-19,21-26H2,1H3. The molecule has 1 aromatic rings. The number of thiophene rings is 1. The molecule has 0 spiro atoms. The van der Waals surface area contributed by atoms with Crippen LogP contribution >= 0.6 is 11.3 Å². The van der Waals surface area contributed by atoms with Gasteiger partial charge in [0.05, 0.1) is 0 Å². The number of allylic oxidation sites excluding steroid dienone is 3. The summed E-state index contributed by atoms with van der Waals surface area (Å²) in [7, 11) is 0. The van der Waals surface area contributed by atoms with Gasteiger partial charge in [0.25, 0.3) is 0 Å². The van der Waals surface area contributed by atoms with Crippen molar-refractivity contribution in [3.8, 4) is 0 Å². The Labute approximate surface area is 257 Å². The SMILES string of the molecule is CC1CCC(N(C2CCC(C=Cc3cccs3)CC2)C2CCC(C=C(C3CCCCC3)C3CCCCC3)CC2)CC1. The van der Waals surface area contributed by atoms with Gasteiger partial charge in [0.15, 0.2) is 0 Å². The van der Waals surface area contributed by atoms with Gasteiger partial charge < -0.3 is 0 Å². The second-order valence-electron chi connectivity index (χ2n) is 15.2. The third kappa shape index (κ3) is 8.20. The summed E-state index contributed by atoms with van der Waals surface area (Å²) in [5.74, 6) is 4.49. The molecule has 5 aliphatic carbocycles. The molecule has 0 aliphatic heterocycles. The van der Waals surface area contributed by atoms with Gasteiger partial charge in [0.2, 0.25) is 0 Å². The average Bonchev–Trinajstić information content (AvgIpc) is 3.56. The summed E-state index contributed by atoms with van der Waals surface area (Å²) in [5.41, 5.74) is 1.97. The van der Waals surface area contributed by atoms with E-state index in [4.69, 9.17) is 0 Å². The van der Waals surface area contributed by atoms with Crippen LogP contribution in [0, 0.1) is 29.6 Å². The first-order chi connectivity index (χ1) is 20.2. The Kier molecular flexibility index (Phi) is 11.2. The van der Waals surface area contributed by atoms with Gasteiger partial charge in [-0.05, 0) is 150 Å². The smallest absolute Gasteiger partial charge is 0.0267 e. The minimum atomic E-state index is 0.792. The molecule has 228 valence electrons. The van der Waals surface area contributed by atoms with Crippen LogP contribution in [0.1, 0.15) is 153 Å². The molecule has 0 aromatic carbocycles. The Morgan fingerprint density at radius 2 is 1.15 bits per heavy atom. The summed E-state index contributed by atoms with van der Waals surface area (Å²) in [6, 6.07) is 7.01. The minimum absolute atomic E-state index is 0.792. The maximum Gasteiger partial charge on any atom is 0.0267 e. The van der Waals surface area contributed by atoms with Crippen molar-refractivity contribution in [2.45, 2.75) is 166 Å². The van der Waals surface area contributed by atoms with Crippen LogP contribution in [0.2, 0.25) is 0 Å². The van der Waals surface area contributed by atoms with Crippen LogP contribution in [0.15, 0.2) is 35.2 Å². The molecule has 0 radical (unpaired) electrons. The zero-order valence-corrected chi connectivity index (χ0v) is 27.3. The molecule has 0 N–H and O–H groups in total. The molecule has 5 fully saturated rings. The summed E-state index contributed by atoms with van der Waals surface area (Å²) < 4.78 is 0. The van der Waals surface area contributed by atoms with E-state index in [0.717, 1.165) is 47.7 Å². The van der Waals surface area contributed by atoms with E-state index in [2.05, 4.69) is 47.6 Å². The predicted molar refractivity (Wildman–Crippen MR) is 179 cm³/mol. The lowest BCUT2D eigenvalue weighted by atomic mass is 9.71. The van der Waals surface area contributed by atoms with Crippen LogP contribution in [0.25, 0.3) is 6.08 Å². The first-order valence-corrected chi connectivity index (χ1v) is 19.3. The Hall–Kier alpha value is -0.860. The summed E-state index contributed by atoms with van der Waals surface area (Å²) in [6.45, 7) is 2.50. The van der Waals surface area contributed by atoms with Crippen molar-refractivity contribution in [2.75, 3.05) is 0 Å². The van der Waals surface area contributed by atoms with Crippen molar-refractivity contribution in [2.24, 2.45) is 29.6 Å². The second-order valence-corrected chi connectivity index (χ2v) is 16.2. The quantitative estimate of drug-likeness (QED) is 0.279. The highest BCUT2D eigenvalue weighted by molar-refractivity contribution is 7.10. The number of hydrogen-bond donors (Lipinski definition) is 0. The maximum absolute atomic E-state index is 3.19. The van der Waals surface area contributed by atoms with E-state index in [1.807, 2.05) is 16.9 Å². The fourth-order valence-electron chi connectivity index (χ4n) is 9.96. The first-order valence-electron chi connectivity index (χ1n) is 18.4. The van der Waals surface area contributed by atoms with Crippen molar-refractivity contribution in [1.29, 1.82) is 0 Å². The van der Waals surface area contributed by atoms with Crippen molar-refractivity contribution < 1.29 is 0 Å². The monoisotopic (exact) mass is 575 g/mol. The number of nitrogens with zero attached hydrogens (tertiary/aromatic N) is 1. The van der Waals surface area contributed by atoms with E-state index in [-0.39, 0.29) is 0 Å². The summed E-state index contributed by atoms with van der Waals surface area (Å²) >= 11 is 1.87. The van der Waals surface area contributed by atoms with Gasteiger partial charge in [-0.3, -0.25) is 4.90 Å². The van der Waals surface area contributed by atoms with Crippen LogP contribution in [0.5, 0.6) is 0 Å². The van der Waals surface area contributed by atoms with Crippen molar-refractivity contribution in [3.05, 3.63) is 40.1 Å². The molecule has 0 atom stereocenters. The van der Waals surface area contributed by atoms with Crippen molar-refractivity contribution >= 4 is 17.4 Å². The fraction of sp³-hybridized carbons (Fsp3) is 0.795. The van der Waals surface area contributed by atoms with Gasteiger partial charge in [0.1, 0.15) is 0 Å². The van der Waals surface area contributed by atoms with Gasteiger partial charge >= 0.3 is 0 Å². The van der Waals surface area contributed by atoms with Crippen LogP contribution in [0.3, 0.4) is 0 Å². The lowest BCUT2D eigenvalue weighted by molar-refractivity contribution is 0.00948. The second kappa shape index (κ2) is 15.2. The van der Waals surface area contributed by atoms with Gasteiger partial charge in [-0.1, -0.05) is 69.2 Å². The average molecular weight is 576 g/mol. The maximum atomic E-state index is 3.19. The Morgan fingerprint density at radius 3 is 1.66 bits per heavy atom. The molecule has 6 rings (SSSR count). The van der Waals surface area contributed by atoms with Crippen LogP contribution < -0.4 is 0 Å². The highest BCUT2D eigenvalue weighted by atomic mass is 32.1. The normalized spacial score (nSPS) is 34.7. The van der Waals surface area contributed by atoms with E-state index in [1.165, 1.54) is 146 Å². The van der Waals surface area contributed by atoms with Crippen molar-refractivity contribution in [3.63, 3.8) is 0 Å². The molecule has 5 aliphatic rings. The highest BCUT2D eigenvalue weighted by Crippen LogP contribution is 2.43. The van der Waals surface area contributed by atoms with Crippen LogP contribution in [0.4, 0.5) is 0 Å². The molecule has 5 saturated carbocycles. The molecule has 2 heteroatoms. The minimum Gasteiger partial charge on any atom is -0.294 e. The molecule has 0 unspecified atom stereocenters. The van der Waals surface area contributed by atoms with Gasteiger partial charge in [-0.2, -0.15) is 0 Å². The van der Waals surface area contributed by atoms with Gasteiger partial charge in [0, 0.05) is 23.0 Å². The van der Waals surface area contributed by atoms with E-state index >= 15 is 0 Å². The lowest BCUT2D eigenvalue weighted by Gasteiger charge is -2.49. The molecule has 1 aromatic heterocycles. The van der Waals surface area contributed by atoms with Crippen molar-refractivity contribution in [1.82, 2.24) is 4.90 Å². The molecular weight excluding hydrogens is 515 g/mol. The number of rotatable bonds is 8. The largest absolute Gasteiger partial charge is 0.294 e. The van der Waals surface area contributed by atoms with Gasteiger partial charge in [-0.25, -0.2) is 0 Å². The first kappa shape index (κ1) is 30.2. The molecular formula is C39H61NS. The Morgan fingerprint density at radius 1 is 0.634 bits per heavy atom.